The number of rotatable bonds is 5. The first-order valence-corrected chi connectivity index (χ1v) is 10.4. The van der Waals surface area contributed by atoms with Crippen LogP contribution in [0.25, 0.3) is 16.6 Å². The second-order valence-electron chi connectivity index (χ2n) is 6.46. The minimum absolute atomic E-state index is 0.189. The number of amides is 1. The van der Waals surface area contributed by atoms with Crippen molar-refractivity contribution in [2.45, 2.75) is 5.16 Å². The van der Waals surface area contributed by atoms with E-state index in [1.165, 1.54) is 4.57 Å². The molecule has 0 aliphatic heterocycles. The van der Waals surface area contributed by atoms with Gasteiger partial charge in [-0.25, -0.2) is 13.8 Å². The third kappa shape index (κ3) is 4.45. The fourth-order valence-corrected chi connectivity index (χ4v) is 3.99. The topological polar surface area (TPSA) is 64.0 Å². The first-order valence-electron chi connectivity index (χ1n) is 9.08. The Morgan fingerprint density at radius 3 is 2.61 bits per heavy atom. The quantitative estimate of drug-likeness (QED) is 0.336. The number of hydrogen-bond donors (Lipinski definition) is 1. The van der Waals surface area contributed by atoms with Gasteiger partial charge in [-0.05, 0) is 36.4 Å². The molecule has 4 rings (SSSR count). The molecule has 4 aromatic rings. The lowest BCUT2D eigenvalue weighted by molar-refractivity contribution is -0.113. The Balaban J connectivity index is 1.69. The van der Waals surface area contributed by atoms with Crippen LogP contribution in [0.3, 0.4) is 0 Å². The molecule has 0 radical (unpaired) electrons. The summed E-state index contributed by atoms with van der Waals surface area (Å²) in [6.45, 7) is 0. The van der Waals surface area contributed by atoms with Crippen molar-refractivity contribution in [3.05, 3.63) is 93.7 Å². The molecular weight excluding hydrogens is 444 g/mol. The monoisotopic (exact) mass is 457 g/mol. The van der Waals surface area contributed by atoms with Crippen molar-refractivity contribution in [2.24, 2.45) is 0 Å². The van der Waals surface area contributed by atoms with E-state index in [0.29, 0.717) is 21.6 Å². The van der Waals surface area contributed by atoms with Gasteiger partial charge in [-0.1, -0.05) is 47.6 Å². The summed E-state index contributed by atoms with van der Waals surface area (Å²) in [5.74, 6) is -2.20. The molecule has 31 heavy (non-hydrogen) atoms. The lowest BCUT2D eigenvalue weighted by atomic mass is 10.2. The van der Waals surface area contributed by atoms with Gasteiger partial charge in [0.1, 0.15) is 11.6 Å². The van der Waals surface area contributed by atoms with Gasteiger partial charge in [0.2, 0.25) is 5.91 Å². The highest BCUT2D eigenvalue weighted by atomic mass is 35.5. The molecule has 1 amide bonds. The summed E-state index contributed by atoms with van der Waals surface area (Å²) in [5.41, 5.74) is 0.291. The predicted octanol–water partition coefficient (Wildman–Crippen LogP) is 5.05. The third-order valence-corrected chi connectivity index (χ3v) is 5.63. The summed E-state index contributed by atoms with van der Waals surface area (Å²) in [5, 5.41) is 3.31. The number of halogens is 3. The average Bonchev–Trinajstić information content (AvgIpc) is 2.76. The number of hydrogen-bond acceptors (Lipinski definition) is 4. The van der Waals surface area contributed by atoms with Crippen LogP contribution in [-0.2, 0) is 4.79 Å². The largest absolute Gasteiger partial charge is 0.323 e. The van der Waals surface area contributed by atoms with Crippen LogP contribution in [0, 0.1) is 11.6 Å². The van der Waals surface area contributed by atoms with Gasteiger partial charge in [0.05, 0.1) is 33.1 Å². The Labute approximate surface area is 184 Å². The molecule has 0 saturated carbocycles. The number of para-hydroxylation sites is 2. The molecule has 0 spiro atoms. The number of thioether (sulfide) groups is 1. The minimum Gasteiger partial charge on any atom is -0.323 e. The summed E-state index contributed by atoms with van der Waals surface area (Å²) in [6, 6.07) is 16.4. The van der Waals surface area contributed by atoms with Crippen molar-refractivity contribution in [3.8, 4) is 5.69 Å². The number of carbonyl (C=O) groups is 1. The highest BCUT2D eigenvalue weighted by Gasteiger charge is 2.17. The maximum absolute atomic E-state index is 13.8. The van der Waals surface area contributed by atoms with Crippen LogP contribution in [0.1, 0.15) is 0 Å². The van der Waals surface area contributed by atoms with Gasteiger partial charge < -0.3 is 5.32 Å². The molecule has 1 N–H and O–H groups in total. The van der Waals surface area contributed by atoms with Crippen molar-refractivity contribution >= 4 is 45.9 Å². The minimum atomic E-state index is -0.753. The van der Waals surface area contributed by atoms with E-state index in [-0.39, 0.29) is 22.2 Å². The highest BCUT2D eigenvalue weighted by molar-refractivity contribution is 7.99. The van der Waals surface area contributed by atoms with Crippen molar-refractivity contribution in [1.29, 1.82) is 0 Å². The maximum Gasteiger partial charge on any atom is 0.266 e. The van der Waals surface area contributed by atoms with E-state index in [2.05, 4.69) is 10.3 Å². The number of aromatic nitrogens is 2. The normalized spacial score (nSPS) is 10.9. The van der Waals surface area contributed by atoms with Gasteiger partial charge in [-0.15, -0.1) is 0 Å². The van der Waals surface area contributed by atoms with Crippen LogP contribution in [0.2, 0.25) is 5.02 Å². The summed E-state index contributed by atoms with van der Waals surface area (Å²) in [6.07, 6.45) is 0. The van der Waals surface area contributed by atoms with Gasteiger partial charge in [0.25, 0.3) is 5.56 Å². The molecule has 9 heteroatoms. The average molecular weight is 458 g/mol. The zero-order valence-electron chi connectivity index (χ0n) is 15.8. The third-order valence-electron chi connectivity index (χ3n) is 4.37. The fourth-order valence-electron chi connectivity index (χ4n) is 2.96. The number of nitrogens with one attached hydrogen (secondary N) is 1. The van der Waals surface area contributed by atoms with E-state index in [0.717, 1.165) is 30.0 Å². The van der Waals surface area contributed by atoms with Crippen LogP contribution in [0.5, 0.6) is 0 Å². The zero-order valence-corrected chi connectivity index (χ0v) is 17.4. The van der Waals surface area contributed by atoms with E-state index < -0.39 is 17.5 Å². The smallest absolute Gasteiger partial charge is 0.266 e. The Bertz CT molecular complexity index is 1360. The standard InChI is InChI=1S/C22H14ClF2N3O2S/c23-15-6-2-4-8-19(15)28-21(30)14-5-1-3-7-17(14)27-22(28)31-12-20(29)26-18-11-13(24)9-10-16(18)25/h1-11H,12H2,(H,26,29). The van der Waals surface area contributed by atoms with Crippen molar-refractivity contribution in [1.82, 2.24) is 9.55 Å². The summed E-state index contributed by atoms with van der Waals surface area (Å²) < 4.78 is 28.5. The first-order chi connectivity index (χ1) is 14.9. The summed E-state index contributed by atoms with van der Waals surface area (Å²) in [7, 11) is 0. The van der Waals surface area contributed by atoms with Crippen LogP contribution in [0.4, 0.5) is 14.5 Å². The van der Waals surface area contributed by atoms with Crippen LogP contribution >= 0.6 is 23.4 Å². The Morgan fingerprint density at radius 2 is 1.81 bits per heavy atom. The van der Waals surface area contributed by atoms with E-state index >= 15 is 0 Å². The maximum atomic E-state index is 13.8. The van der Waals surface area contributed by atoms with Gasteiger partial charge >= 0.3 is 0 Å². The second kappa shape index (κ2) is 8.87. The van der Waals surface area contributed by atoms with Crippen molar-refractivity contribution in [3.63, 3.8) is 0 Å². The molecule has 1 heterocycles. The molecule has 1 aromatic heterocycles. The number of nitrogens with zero attached hydrogens (tertiary/aromatic N) is 2. The molecule has 5 nitrogen and oxygen atoms in total. The molecule has 0 saturated heterocycles. The SMILES string of the molecule is O=C(CSc1nc2ccccc2c(=O)n1-c1ccccc1Cl)Nc1cc(F)ccc1F. The van der Waals surface area contributed by atoms with Crippen LogP contribution in [0.15, 0.2) is 76.7 Å². The van der Waals surface area contributed by atoms with Crippen LogP contribution in [-0.4, -0.2) is 21.2 Å². The van der Waals surface area contributed by atoms with Gasteiger partial charge in [0.15, 0.2) is 5.16 Å². The number of anilines is 1. The van der Waals surface area contributed by atoms with E-state index in [1.807, 2.05) is 0 Å². The fraction of sp³-hybridized carbons (Fsp3) is 0.0455. The molecule has 0 atom stereocenters. The van der Waals surface area contributed by atoms with E-state index in [4.69, 9.17) is 11.6 Å². The number of benzene rings is 3. The second-order valence-corrected chi connectivity index (χ2v) is 7.81. The molecular formula is C22H14ClF2N3O2S. The summed E-state index contributed by atoms with van der Waals surface area (Å²) in [4.78, 5) is 30.0. The Kier molecular flexibility index (Phi) is 6.01. The van der Waals surface area contributed by atoms with Gasteiger partial charge in [-0.3, -0.25) is 14.2 Å². The van der Waals surface area contributed by atoms with Crippen molar-refractivity contribution in [2.75, 3.05) is 11.1 Å². The predicted molar refractivity (Wildman–Crippen MR) is 118 cm³/mol. The Hall–Kier alpha value is -3.23. The lowest BCUT2D eigenvalue weighted by Crippen LogP contribution is -2.23. The van der Waals surface area contributed by atoms with Gasteiger partial charge in [0, 0.05) is 6.07 Å². The molecule has 3 aromatic carbocycles. The van der Waals surface area contributed by atoms with Crippen LogP contribution < -0.4 is 10.9 Å². The van der Waals surface area contributed by atoms with E-state index in [9.17, 15) is 18.4 Å². The molecule has 0 fully saturated rings. The van der Waals surface area contributed by atoms with E-state index in [1.54, 1.807) is 48.5 Å². The molecule has 0 bridgehead atoms. The molecule has 0 unspecified atom stereocenters. The molecule has 0 aliphatic rings. The number of fused-ring (bicyclic) bond motifs is 1. The molecule has 156 valence electrons. The first kappa shape index (κ1) is 21.0. The molecule has 0 aliphatic carbocycles. The Morgan fingerprint density at radius 1 is 1.06 bits per heavy atom. The lowest BCUT2D eigenvalue weighted by Gasteiger charge is -2.14. The van der Waals surface area contributed by atoms with Crippen molar-refractivity contribution < 1.29 is 13.6 Å². The summed E-state index contributed by atoms with van der Waals surface area (Å²) >= 11 is 7.28. The zero-order chi connectivity index (χ0) is 22.0. The highest BCUT2D eigenvalue weighted by Crippen LogP contribution is 2.26. The van der Waals surface area contributed by atoms with Gasteiger partial charge in [-0.2, -0.15) is 0 Å². The number of carbonyl (C=O) groups excluding carboxylic acids is 1.